The standard InChI is InChI=1S/C23H31F5OS.C22H35NOS/c1-2-29-15-13-17-30-16-12-10-8-6-4-3-5-7-9-11-14-18-19(24)21(26)23(28)22(27)20(18)25;1-2-24-18-14-20-25-19-12-10-8-6-4-3-5-7-9-11-15-22-16-13-17-23-21-22/h2-10,12-13,15-17H2,1H3;13,16-17,21H,2-10,12,14,18-20H2,1H3. The summed E-state index contributed by atoms with van der Waals surface area (Å²) in [7, 11) is 0. The van der Waals surface area contributed by atoms with E-state index in [9.17, 15) is 22.0 Å². The minimum atomic E-state index is -2.16. The average Bonchev–Trinajstić information content (AvgIpc) is 3.20. The first-order valence-corrected chi connectivity index (χ1v) is 22.9. The molecule has 0 bridgehead atoms. The highest BCUT2D eigenvalue weighted by atomic mass is 32.2. The molecule has 1 aromatic carbocycles. The Labute approximate surface area is 338 Å². The van der Waals surface area contributed by atoms with Gasteiger partial charge in [-0.2, -0.15) is 23.5 Å². The van der Waals surface area contributed by atoms with E-state index in [4.69, 9.17) is 9.47 Å². The molecule has 10 heteroatoms. The van der Waals surface area contributed by atoms with Crippen LogP contribution in [0.15, 0.2) is 24.5 Å². The molecule has 0 unspecified atom stereocenters. The molecule has 0 aliphatic rings. The first-order chi connectivity index (χ1) is 26.9. The van der Waals surface area contributed by atoms with Crippen molar-refractivity contribution in [1.29, 1.82) is 0 Å². The topological polar surface area (TPSA) is 31.4 Å². The second-order valence-electron chi connectivity index (χ2n) is 13.3. The smallest absolute Gasteiger partial charge is 0.200 e. The molecule has 55 heavy (non-hydrogen) atoms. The fourth-order valence-electron chi connectivity index (χ4n) is 5.44. The van der Waals surface area contributed by atoms with Crippen LogP contribution < -0.4 is 0 Å². The molecule has 310 valence electrons. The van der Waals surface area contributed by atoms with Gasteiger partial charge < -0.3 is 9.47 Å². The van der Waals surface area contributed by atoms with E-state index in [1.165, 1.54) is 101 Å². The molecule has 0 aliphatic heterocycles. The van der Waals surface area contributed by atoms with Crippen molar-refractivity contribution < 1.29 is 31.4 Å². The van der Waals surface area contributed by atoms with Gasteiger partial charge in [-0.3, -0.25) is 4.98 Å². The molecule has 3 nitrogen and oxygen atoms in total. The van der Waals surface area contributed by atoms with Gasteiger partial charge in [-0.1, -0.05) is 101 Å². The van der Waals surface area contributed by atoms with Crippen molar-refractivity contribution in [3.8, 4) is 23.7 Å². The molecule has 0 saturated heterocycles. The van der Waals surface area contributed by atoms with E-state index in [-0.39, 0.29) is 0 Å². The Bertz CT molecular complexity index is 1310. The monoisotopic (exact) mass is 811 g/mol. The molecule has 0 radical (unpaired) electrons. The van der Waals surface area contributed by atoms with Gasteiger partial charge in [0.2, 0.25) is 5.82 Å². The fourth-order valence-corrected chi connectivity index (χ4v) is 7.31. The number of rotatable bonds is 30. The number of aromatic nitrogens is 1. The van der Waals surface area contributed by atoms with Crippen molar-refractivity contribution in [2.45, 2.75) is 142 Å². The van der Waals surface area contributed by atoms with Gasteiger partial charge in [0, 0.05) is 57.2 Å². The maximum atomic E-state index is 13.5. The van der Waals surface area contributed by atoms with Crippen LogP contribution in [0, 0.1) is 52.8 Å². The Morgan fingerprint density at radius 2 is 0.909 bits per heavy atom. The van der Waals surface area contributed by atoms with Gasteiger partial charge in [-0.25, -0.2) is 22.0 Å². The number of benzene rings is 1. The van der Waals surface area contributed by atoms with Crippen molar-refractivity contribution in [3.05, 3.63) is 64.7 Å². The van der Waals surface area contributed by atoms with Gasteiger partial charge in [0.1, 0.15) is 5.56 Å². The van der Waals surface area contributed by atoms with E-state index in [0.717, 1.165) is 76.3 Å². The van der Waals surface area contributed by atoms with E-state index in [2.05, 4.69) is 47.4 Å². The number of pyridine rings is 1. The van der Waals surface area contributed by atoms with Crippen LogP contribution >= 0.6 is 23.5 Å². The molecule has 2 aromatic rings. The third kappa shape index (κ3) is 27.9. The van der Waals surface area contributed by atoms with Crippen molar-refractivity contribution in [2.24, 2.45) is 0 Å². The molecule has 0 saturated carbocycles. The van der Waals surface area contributed by atoms with E-state index >= 15 is 0 Å². The Morgan fingerprint density at radius 1 is 0.509 bits per heavy atom. The molecule has 0 N–H and O–H groups in total. The number of unbranched alkanes of at least 4 members (excludes halogenated alkanes) is 16. The molecule has 1 aromatic heterocycles. The maximum absolute atomic E-state index is 13.5. The number of hydrogen-bond acceptors (Lipinski definition) is 5. The summed E-state index contributed by atoms with van der Waals surface area (Å²) in [5.41, 5.74) is -0.0335. The lowest BCUT2D eigenvalue weighted by molar-refractivity contribution is 0.149. The maximum Gasteiger partial charge on any atom is 0.200 e. The molecular weight excluding hydrogens is 746 g/mol. The Morgan fingerprint density at radius 3 is 1.35 bits per heavy atom. The van der Waals surface area contributed by atoms with Crippen LogP contribution in [-0.4, -0.2) is 54.4 Å². The largest absolute Gasteiger partial charge is 0.382 e. The predicted octanol–water partition coefficient (Wildman–Crippen LogP) is 13.5. The summed E-state index contributed by atoms with van der Waals surface area (Å²) in [6, 6.07) is 3.95. The van der Waals surface area contributed by atoms with Crippen LogP contribution in [-0.2, 0) is 9.47 Å². The van der Waals surface area contributed by atoms with Crippen molar-refractivity contribution in [3.63, 3.8) is 0 Å². The summed E-state index contributed by atoms with van der Waals surface area (Å²) in [5.74, 6) is 6.13. The fraction of sp³-hybridized carbons (Fsp3) is 0.667. The van der Waals surface area contributed by atoms with E-state index in [1.807, 2.05) is 37.0 Å². The zero-order valence-corrected chi connectivity index (χ0v) is 35.2. The normalized spacial score (nSPS) is 10.7. The molecule has 0 aliphatic carbocycles. The quantitative estimate of drug-likeness (QED) is 0.0258. The highest BCUT2D eigenvalue weighted by molar-refractivity contribution is 7.99. The summed E-state index contributed by atoms with van der Waals surface area (Å²) in [6.07, 6.45) is 26.9. The molecule has 0 fully saturated rings. The highest BCUT2D eigenvalue weighted by Gasteiger charge is 2.24. The Hall–Kier alpha value is -2.24. The van der Waals surface area contributed by atoms with E-state index < -0.39 is 34.6 Å². The lowest BCUT2D eigenvalue weighted by Crippen LogP contribution is -2.04. The second-order valence-corrected chi connectivity index (χ2v) is 15.7. The zero-order chi connectivity index (χ0) is 40.0. The summed E-state index contributed by atoms with van der Waals surface area (Å²) in [6.45, 7) is 7.49. The van der Waals surface area contributed by atoms with Crippen LogP contribution in [0.3, 0.4) is 0 Å². The lowest BCUT2D eigenvalue weighted by atomic mass is 10.1. The highest BCUT2D eigenvalue weighted by Crippen LogP contribution is 2.22. The molecule has 2 rings (SSSR count). The third-order valence-electron chi connectivity index (χ3n) is 8.56. The van der Waals surface area contributed by atoms with Crippen LogP contribution in [0.2, 0.25) is 0 Å². The number of nitrogens with zero attached hydrogens (tertiary/aromatic N) is 1. The molecule has 1 heterocycles. The first kappa shape index (κ1) is 50.8. The van der Waals surface area contributed by atoms with E-state index in [1.54, 1.807) is 6.20 Å². The van der Waals surface area contributed by atoms with Gasteiger partial charge in [-0.05, 0) is 87.5 Å². The van der Waals surface area contributed by atoms with Gasteiger partial charge in [0.05, 0.1) is 0 Å². The van der Waals surface area contributed by atoms with Gasteiger partial charge in [-0.15, -0.1) is 0 Å². The SMILES string of the molecule is CCOCCCSCCCCCCCCCCC#Cc1c(F)c(F)c(F)c(F)c1F.CCOCCCSCCCCCCCCCCC#Cc1cccnc1. The minimum absolute atomic E-state index is 0.361. The van der Waals surface area contributed by atoms with Crippen LogP contribution in [0.25, 0.3) is 0 Å². The first-order valence-electron chi connectivity index (χ1n) is 20.6. The summed E-state index contributed by atoms with van der Waals surface area (Å²) >= 11 is 4.07. The average molecular weight is 812 g/mol. The number of ether oxygens (including phenoxy) is 2. The van der Waals surface area contributed by atoms with Crippen LogP contribution in [0.5, 0.6) is 0 Å². The molecule has 0 spiro atoms. The number of thioether (sulfide) groups is 2. The van der Waals surface area contributed by atoms with Crippen molar-refractivity contribution in [2.75, 3.05) is 49.4 Å². The van der Waals surface area contributed by atoms with Crippen molar-refractivity contribution in [1.82, 2.24) is 4.98 Å². The molecule has 0 amide bonds. The summed E-state index contributed by atoms with van der Waals surface area (Å²) in [5, 5.41) is 0. The lowest BCUT2D eigenvalue weighted by Gasteiger charge is -2.03. The number of halogens is 5. The summed E-state index contributed by atoms with van der Waals surface area (Å²) < 4.78 is 76.7. The predicted molar refractivity (Wildman–Crippen MR) is 224 cm³/mol. The molecule has 0 atom stereocenters. The van der Waals surface area contributed by atoms with Gasteiger partial charge in [0.25, 0.3) is 0 Å². The van der Waals surface area contributed by atoms with Crippen LogP contribution in [0.1, 0.15) is 153 Å². The number of hydrogen-bond donors (Lipinski definition) is 0. The minimum Gasteiger partial charge on any atom is -0.382 e. The van der Waals surface area contributed by atoms with Crippen LogP contribution in [0.4, 0.5) is 22.0 Å². The Kier molecular flexibility index (Phi) is 34.5. The zero-order valence-electron chi connectivity index (χ0n) is 33.6. The van der Waals surface area contributed by atoms with Gasteiger partial charge in [0.15, 0.2) is 23.3 Å². The third-order valence-corrected chi connectivity index (χ3v) is 10.9. The Balaban J connectivity index is 0.000000559. The van der Waals surface area contributed by atoms with Gasteiger partial charge >= 0.3 is 0 Å². The molecular formula is C45H66F5NO2S2. The van der Waals surface area contributed by atoms with Crippen molar-refractivity contribution >= 4 is 23.5 Å². The summed E-state index contributed by atoms with van der Waals surface area (Å²) in [4.78, 5) is 4.07. The second kappa shape index (κ2) is 37.3. The van der Waals surface area contributed by atoms with E-state index in [0.29, 0.717) is 6.42 Å².